The Morgan fingerprint density at radius 1 is 1.47 bits per heavy atom. The highest BCUT2D eigenvalue weighted by Crippen LogP contribution is 2.33. The van der Waals surface area contributed by atoms with Gasteiger partial charge in [-0.25, -0.2) is 0 Å². The molecule has 0 bridgehead atoms. The smallest absolute Gasteiger partial charge is 0.299 e. The van der Waals surface area contributed by atoms with Crippen LogP contribution in [0.1, 0.15) is 5.56 Å². The topological polar surface area (TPSA) is 61.0 Å². The summed E-state index contributed by atoms with van der Waals surface area (Å²) in [5, 5.41) is 7.98. The first kappa shape index (κ1) is 10.4. The quantitative estimate of drug-likeness (QED) is 0.862. The summed E-state index contributed by atoms with van der Waals surface area (Å²) >= 11 is 4.69. The number of hydrogen-bond acceptors (Lipinski definition) is 5. The average Bonchev–Trinajstić information content (AvgIpc) is 2.63. The van der Waals surface area contributed by atoms with Gasteiger partial charge < -0.3 is 10.5 Å². The minimum Gasteiger partial charge on any atom is -0.427 e. The molecule has 4 nitrogen and oxygen atoms in total. The van der Waals surface area contributed by atoms with Gasteiger partial charge in [-0.05, 0) is 24.6 Å². The van der Waals surface area contributed by atoms with Gasteiger partial charge in [0.05, 0.1) is 5.69 Å². The van der Waals surface area contributed by atoms with Gasteiger partial charge in [-0.2, -0.15) is 0 Å². The summed E-state index contributed by atoms with van der Waals surface area (Å²) in [5.74, 6) is 0.634. The Kier molecular flexibility index (Phi) is 2.88. The molecule has 6 heteroatoms. The van der Waals surface area contributed by atoms with Crippen molar-refractivity contribution in [1.82, 2.24) is 10.2 Å². The van der Waals surface area contributed by atoms with Gasteiger partial charge in [0.25, 0.3) is 5.19 Å². The van der Waals surface area contributed by atoms with Crippen LogP contribution in [-0.4, -0.2) is 10.2 Å². The molecular weight excluding hydrogens is 278 g/mol. The zero-order valence-corrected chi connectivity index (χ0v) is 10.3. The molecule has 2 N–H and O–H groups in total. The Hall–Kier alpha value is -1.14. The van der Waals surface area contributed by atoms with Gasteiger partial charge in [0, 0.05) is 4.47 Å². The largest absolute Gasteiger partial charge is 0.427 e. The maximum Gasteiger partial charge on any atom is 0.299 e. The number of aryl methyl sites for hydroxylation is 1. The van der Waals surface area contributed by atoms with Crippen LogP contribution in [0.2, 0.25) is 0 Å². The van der Waals surface area contributed by atoms with Crippen molar-refractivity contribution in [3.05, 3.63) is 27.7 Å². The predicted octanol–water partition coefficient (Wildman–Crippen LogP) is 2.98. The third-order valence-electron chi connectivity index (χ3n) is 1.80. The lowest BCUT2D eigenvalue weighted by Gasteiger charge is -2.08. The molecule has 2 rings (SSSR count). The van der Waals surface area contributed by atoms with Gasteiger partial charge in [0.1, 0.15) is 5.51 Å². The first-order valence-corrected chi connectivity index (χ1v) is 5.83. The number of nitrogens with zero attached hydrogens (tertiary/aromatic N) is 2. The summed E-state index contributed by atoms with van der Waals surface area (Å²) < 4.78 is 6.47. The summed E-state index contributed by atoms with van der Waals surface area (Å²) in [6.45, 7) is 1.93. The first-order valence-electron chi connectivity index (χ1n) is 4.16. The van der Waals surface area contributed by atoms with E-state index in [9.17, 15) is 0 Å². The maximum atomic E-state index is 5.84. The Bertz CT molecular complexity index is 449. The summed E-state index contributed by atoms with van der Waals surface area (Å²) in [6.07, 6.45) is 0. The van der Waals surface area contributed by atoms with E-state index in [2.05, 4.69) is 26.1 Å². The van der Waals surface area contributed by atoms with Crippen molar-refractivity contribution in [3.63, 3.8) is 0 Å². The standard InChI is InChI=1S/C9H8BrN3OS/c1-5-2-6(10)3-7(11)8(5)14-9-13-12-4-15-9/h2-4H,11H2,1H3. The van der Waals surface area contributed by atoms with Crippen molar-refractivity contribution in [3.8, 4) is 10.9 Å². The molecule has 0 spiro atoms. The van der Waals surface area contributed by atoms with Gasteiger partial charge in [-0.15, -0.1) is 5.10 Å². The van der Waals surface area contributed by atoms with E-state index in [1.807, 2.05) is 13.0 Å². The number of ether oxygens (including phenoxy) is 1. The third kappa shape index (κ3) is 2.27. The fourth-order valence-electron chi connectivity index (χ4n) is 1.19. The molecule has 1 heterocycles. The van der Waals surface area contributed by atoms with Crippen molar-refractivity contribution >= 4 is 33.0 Å². The summed E-state index contributed by atoms with van der Waals surface area (Å²) in [4.78, 5) is 0. The zero-order valence-electron chi connectivity index (χ0n) is 7.90. The van der Waals surface area contributed by atoms with Crippen LogP contribution in [0.15, 0.2) is 22.1 Å². The van der Waals surface area contributed by atoms with Crippen molar-refractivity contribution < 1.29 is 4.74 Å². The maximum absolute atomic E-state index is 5.84. The molecule has 0 amide bonds. The third-order valence-corrected chi connectivity index (χ3v) is 2.82. The van der Waals surface area contributed by atoms with Crippen molar-refractivity contribution in [2.75, 3.05) is 5.73 Å². The molecule has 0 aliphatic carbocycles. The first-order chi connectivity index (χ1) is 7.16. The van der Waals surface area contributed by atoms with Crippen LogP contribution in [0.5, 0.6) is 10.9 Å². The van der Waals surface area contributed by atoms with E-state index in [1.165, 1.54) is 11.3 Å². The van der Waals surface area contributed by atoms with Gasteiger partial charge in [0.2, 0.25) is 0 Å². The molecule has 0 radical (unpaired) electrons. The predicted molar refractivity (Wildman–Crippen MR) is 63.3 cm³/mol. The van der Waals surface area contributed by atoms with Crippen LogP contribution >= 0.6 is 27.3 Å². The number of halogens is 1. The Morgan fingerprint density at radius 2 is 2.27 bits per heavy atom. The van der Waals surface area contributed by atoms with E-state index in [1.54, 1.807) is 11.6 Å². The molecular formula is C9H8BrN3OS. The molecule has 0 saturated carbocycles. The van der Waals surface area contributed by atoms with E-state index in [4.69, 9.17) is 10.5 Å². The van der Waals surface area contributed by atoms with Gasteiger partial charge in [-0.3, -0.25) is 0 Å². The number of rotatable bonds is 2. The Morgan fingerprint density at radius 3 is 2.87 bits per heavy atom. The van der Waals surface area contributed by atoms with Crippen LogP contribution in [0, 0.1) is 6.92 Å². The monoisotopic (exact) mass is 285 g/mol. The molecule has 0 unspecified atom stereocenters. The van der Waals surface area contributed by atoms with E-state index >= 15 is 0 Å². The highest BCUT2D eigenvalue weighted by Gasteiger charge is 2.09. The van der Waals surface area contributed by atoms with Crippen LogP contribution < -0.4 is 10.5 Å². The molecule has 15 heavy (non-hydrogen) atoms. The average molecular weight is 286 g/mol. The van der Waals surface area contributed by atoms with Crippen LogP contribution in [0.3, 0.4) is 0 Å². The van der Waals surface area contributed by atoms with E-state index in [0.717, 1.165) is 10.0 Å². The molecule has 0 aliphatic rings. The van der Waals surface area contributed by atoms with Crippen LogP contribution in [-0.2, 0) is 0 Å². The SMILES string of the molecule is Cc1cc(Br)cc(N)c1Oc1nncs1. The highest BCUT2D eigenvalue weighted by atomic mass is 79.9. The molecule has 0 aliphatic heterocycles. The van der Waals surface area contributed by atoms with Gasteiger partial charge >= 0.3 is 0 Å². The second kappa shape index (κ2) is 4.16. The molecule has 0 fully saturated rings. The highest BCUT2D eigenvalue weighted by molar-refractivity contribution is 9.10. The normalized spacial score (nSPS) is 10.3. The molecule has 1 aromatic carbocycles. The minimum absolute atomic E-state index is 0.493. The number of nitrogen functional groups attached to an aromatic ring is 1. The van der Waals surface area contributed by atoms with Gasteiger partial charge in [-0.1, -0.05) is 32.4 Å². The van der Waals surface area contributed by atoms with Crippen molar-refractivity contribution in [1.29, 1.82) is 0 Å². The minimum atomic E-state index is 0.493. The number of nitrogens with two attached hydrogens (primary N) is 1. The Balaban J connectivity index is 2.36. The van der Waals surface area contributed by atoms with Crippen LogP contribution in [0.4, 0.5) is 5.69 Å². The lowest BCUT2D eigenvalue weighted by Crippen LogP contribution is -1.94. The summed E-state index contributed by atoms with van der Waals surface area (Å²) in [5.41, 5.74) is 8.99. The number of aromatic nitrogens is 2. The van der Waals surface area contributed by atoms with E-state index in [0.29, 0.717) is 16.6 Å². The molecule has 78 valence electrons. The summed E-state index contributed by atoms with van der Waals surface area (Å²) in [6, 6.07) is 3.73. The van der Waals surface area contributed by atoms with Crippen molar-refractivity contribution in [2.45, 2.75) is 6.92 Å². The van der Waals surface area contributed by atoms with Crippen molar-refractivity contribution in [2.24, 2.45) is 0 Å². The fraction of sp³-hybridized carbons (Fsp3) is 0.111. The number of benzene rings is 1. The van der Waals surface area contributed by atoms with Crippen LogP contribution in [0.25, 0.3) is 0 Å². The molecule has 0 atom stereocenters. The lowest BCUT2D eigenvalue weighted by molar-refractivity contribution is 0.472. The number of anilines is 1. The molecule has 2 aromatic rings. The second-order valence-corrected chi connectivity index (χ2v) is 4.66. The lowest BCUT2D eigenvalue weighted by atomic mass is 10.2. The second-order valence-electron chi connectivity index (χ2n) is 2.95. The van der Waals surface area contributed by atoms with E-state index < -0.39 is 0 Å². The fourth-order valence-corrected chi connectivity index (χ4v) is 2.19. The molecule has 0 saturated heterocycles. The zero-order chi connectivity index (χ0) is 10.8. The molecule has 1 aromatic heterocycles. The summed E-state index contributed by atoms with van der Waals surface area (Å²) in [7, 11) is 0. The van der Waals surface area contributed by atoms with E-state index in [-0.39, 0.29) is 0 Å². The van der Waals surface area contributed by atoms with Gasteiger partial charge in [0.15, 0.2) is 5.75 Å². The number of hydrogen-bond donors (Lipinski definition) is 1. The Labute approximate surface area is 99.2 Å².